The summed E-state index contributed by atoms with van der Waals surface area (Å²) in [5.41, 5.74) is 1.17. The maximum Gasteiger partial charge on any atom is 0.137 e. The number of rotatable bonds is 6. The van der Waals surface area contributed by atoms with Crippen molar-refractivity contribution < 1.29 is 4.74 Å². The second-order valence-corrected chi connectivity index (χ2v) is 6.75. The van der Waals surface area contributed by atoms with Crippen LogP contribution in [0.5, 0.6) is 5.75 Å². The lowest BCUT2D eigenvalue weighted by atomic mass is 10.1. The highest BCUT2D eigenvalue weighted by molar-refractivity contribution is 7.11. The molecule has 0 radical (unpaired) electrons. The van der Waals surface area contributed by atoms with E-state index in [0.717, 1.165) is 18.7 Å². The first-order valence-electron chi connectivity index (χ1n) is 6.69. The van der Waals surface area contributed by atoms with Crippen LogP contribution in [0.1, 0.15) is 22.2 Å². The molecule has 0 aliphatic heterocycles. The van der Waals surface area contributed by atoms with Crippen molar-refractivity contribution in [2.75, 3.05) is 7.11 Å². The van der Waals surface area contributed by atoms with Crippen LogP contribution in [-0.2, 0) is 13.0 Å². The van der Waals surface area contributed by atoms with Crippen LogP contribution in [0.3, 0.4) is 0 Å². The Morgan fingerprint density at radius 2 is 2.10 bits per heavy atom. The number of thiophene rings is 1. The van der Waals surface area contributed by atoms with Crippen molar-refractivity contribution in [1.29, 1.82) is 0 Å². The van der Waals surface area contributed by atoms with Gasteiger partial charge in [-0.25, -0.2) is 0 Å². The lowest BCUT2D eigenvalue weighted by Gasteiger charge is -2.13. The van der Waals surface area contributed by atoms with E-state index in [1.165, 1.54) is 15.3 Å². The molecule has 2 rings (SSSR count). The lowest BCUT2D eigenvalue weighted by molar-refractivity contribution is 0.414. The van der Waals surface area contributed by atoms with Gasteiger partial charge in [0.15, 0.2) is 0 Å². The van der Waals surface area contributed by atoms with E-state index < -0.39 is 0 Å². The number of nitrogens with one attached hydrogen (secondary N) is 1. The topological polar surface area (TPSA) is 21.3 Å². The van der Waals surface area contributed by atoms with Gasteiger partial charge in [-0.15, -0.1) is 11.3 Å². The van der Waals surface area contributed by atoms with Crippen molar-refractivity contribution in [2.45, 2.75) is 32.9 Å². The third-order valence-electron chi connectivity index (χ3n) is 3.17. The van der Waals surface area contributed by atoms with E-state index in [2.05, 4.69) is 31.3 Å². The van der Waals surface area contributed by atoms with E-state index in [1.807, 2.05) is 29.5 Å². The SMILES string of the molecule is COc1ccc(CNC(C)Cc2ccc(C)s2)cc1Cl. The molecule has 0 bridgehead atoms. The molecule has 0 saturated carbocycles. The van der Waals surface area contributed by atoms with Crippen molar-refractivity contribution in [3.63, 3.8) is 0 Å². The molecule has 0 aliphatic rings. The largest absolute Gasteiger partial charge is 0.495 e. The third kappa shape index (κ3) is 4.23. The van der Waals surface area contributed by atoms with E-state index in [0.29, 0.717) is 11.1 Å². The maximum atomic E-state index is 6.13. The summed E-state index contributed by atoms with van der Waals surface area (Å²) < 4.78 is 5.16. The molecular weight excluding hydrogens is 290 g/mol. The third-order valence-corrected chi connectivity index (χ3v) is 4.49. The van der Waals surface area contributed by atoms with Crippen molar-refractivity contribution >= 4 is 22.9 Å². The molecule has 20 heavy (non-hydrogen) atoms. The minimum atomic E-state index is 0.439. The van der Waals surface area contributed by atoms with Gasteiger partial charge in [-0.1, -0.05) is 17.7 Å². The van der Waals surface area contributed by atoms with Crippen LogP contribution in [0.2, 0.25) is 5.02 Å². The van der Waals surface area contributed by atoms with Gasteiger partial charge >= 0.3 is 0 Å². The van der Waals surface area contributed by atoms with Crippen LogP contribution >= 0.6 is 22.9 Å². The summed E-state index contributed by atoms with van der Waals surface area (Å²) in [4.78, 5) is 2.80. The highest BCUT2D eigenvalue weighted by atomic mass is 35.5. The molecule has 0 aliphatic carbocycles. The molecule has 1 aromatic carbocycles. The summed E-state index contributed by atoms with van der Waals surface area (Å²) in [5, 5.41) is 4.19. The quantitative estimate of drug-likeness (QED) is 0.852. The van der Waals surface area contributed by atoms with E-state index in [1.54, 1.807) is 7.11 Å². The molecule has 0 fully saturated rings. The van der Waals surface area contributed by atoms with E-state index in [4.69, 9.17) is 16.3 Å². The Balaban J connectivity index is 1.86. The zero-order valence-corrected chi connectivity index (χ0v) is 13.6. The summed E-state index contributed by atoms with van der Waals surface area (Å²) >= 11 is 7.99. The summed E-state index contributed by atoms with van der Waals surface area (Å²) in [6.07, 6.45) is 1.06. The van der Waals surface area contributed by atoms with E-state index in [-0.39, 0.29) is 0 Å². The maximum absolute atomic E-state index is 6.13. The molecule has 1 N–H and O–H groups in total. The van der Waals surface area contributed by atoms with Gasteiger partial charge in [0.1, 0.15) is 5.75 Å². The smallest absolute Gasteiger partial charge is 0.137 e. The summed E-state index contributed by atoms with van der Waals surface area (Å²) in [6, 6.07) is 10.7. The Morgan fingerprint density at radius 1 is 1.30 bits per heavy atom. The minimum absolute atomic E-state index is 0.439. The Morgan fingerprint density at radius 3 is 2.70 bits per heavy atom. The monoisotopic (exact) mass is 309 g/mol. The summed E-state index contributed by atoms with van der Waals surface area (Å²) in [7, 11) is 1.63. The zero-order chi connectivity index (χ0) is 14.5. The molecule has 4 heteroatoms. The van der Waals surface area contributed by atoms with Gasteiger partial charge < -0.3 is 10.1 Å². The number of benzene rings is 1. The van der Waals surface area contributed by atoms with Crippen LogP contribution in [0.4, 0.5) is 0 Å². The number of hydrogen-bond donors (Lipinski definition) is 1. The average molecular weight is 310 g/mol. The molecule has 0 amide bonds. The molecule has 1 heterocycles. The first kappa shape index (κ1) is 15.4. The molecule has 108 valence electrons. The molecule has 0 saturated heterocycles. The molecule has 0 spiro atoms. The van der Waals surface area contributed by atoms with Crippen molar-refractivity contribution in [3.8, 4) is 5.75 Å². The fourth-order valence-electron chi connectivity index (χ4n) is 2.08. The Kier molecular flexibility index (Phi) is 5.46. The van der Waals surface area contributed by atoms with Crippen LogP contribution in [0.15, 0.2) is 30.3 Å². The number of halogens is 1. The van der Waals surface area contributed by atoms with Crippen LogP contribution < -0.4 is 10.1 Å². The molecule has 1 aromatic heterocycles. The molecular formula is C16H20ClNOS. The van der Waals surface area contributed by atoms with E-state index in [9.17, 15) is 0 Å². The van der Waals surface area contributed by atoms with Gasteiger partial charge in [0.05, 0.1) is 12.1 Å². The number of methoxy groups -OCH3 is 1. The first-order chi connectivity index (χ1) is 9.58. The molecule has 1 atom stereocenters. The summed E-state index contributed by atoms with van der Waals surface area (Å²) in [5.74, 6) is 0.720. The van der Waals surface area contributed by atoms with Crippen molar-refractivity contribution in [3.05, 3.63) is 50.7 Å². The van der Waals surface area contributed by atoms with Gasteiger partial charge in [-0.05, 0) is 50.1 Å². The van der Waals surface area contributed by atoms with E-state index >= 15 is 0 Å². The second kappa shape index (κ2) is 7.11. The normalized spacial score (nSPS) is 12.4. The predicted octanol–water partition coefficient (Wildman–Crippen LogP) is 4.44. The van der Waals surface area contributed by atoms with Crippen molar-refractivity contribution in [1.82, 2.24) is 5.32 Å². The summed E-state index contributed by atoms with van der Waals surface area (Å²) in [6.45, 7) is 5.17. The van der Waals surface area contributed by atoms with Gasteiger partial charge in [-0.3, -0.25) is 0 Å². The van der Waals surface area contributed by atoms with Crippen LogP contribution in [0.25, 0.3) is 0 Å². The first-order valence-corrected chi connectivity index (χ1v) is 7.89. The number of hydrogen-bond acceptors (Lipinski definition) is 3. The number of ether oxygens (including phenoxy) is 1. The standard InChI is InChI=1S/C16H20ClNOS/c1-11(8-14-6-4-12(2)20-14)18-10-13-5-7-16(19-3)15(17)9-13/h4-7,9,11,18H,8,10H2,1-3H3. The van der Waals surface area contributed by atoms with Gasteiger partial charge in [0.25, 0.3) is 0 Å². The Hall–Kier alpha value is -1.03. The highest BCUT2D eigenvalue weighted by Crippen LogP contribution is 2.25. The number of aryl methyl sites for hydroxylation is 1. The van der Waals surface area contributed by atoms with Crippen LogP contribution in [-0.4, -0.2) is 13.2 Å². The molecule has 1 unspecified atom stereocenters. The zero-order valence-electron chi connectivity index (χ0n) is 12.1. The second-order valence-electron chi connectivity index (χ2n) is 4.97. The van der Waals surface area contributed by atoms with Crippen LogP contribution in [0, 0.1) is 6.92 Å². The van der Waals surface area contributed by atoms with Crippen molar-refractivity contribution in [2.24, 2.45) is 0 Å². The lowest BCUT2D eigenvalue weighted by Crippen LogP contribution is -2.27. The van der Waals surface area contributed by atoms with Gasteiger partial charge in [-0.2, -0.15) is 0 Å². The van der Waals surface area contributed by atoms with Gasteiger partial charge in [0.2, 0.25) is 0 Å². The fraction of sp³-hybridized carbons (Fsp3) is 0.375. The molecule has 2 aromatic rings. The average Bonchev–Trinajstić information content (AvgIpc) is 2.82. The molecule has 2 nitrogen and oxygen atoms in total. The predicted molar refractivity (Wildman–Crippen MR) is 87.1 cm³/mol. The van der Waals surface area contributed by atoms with Gasteiger partial charge in [0, 0.05) is 22.3 Å². The fourth-order valence-corrected chi connectivity index (χ4v) is 3.38. The Bertz CT molecular complexity index is 567. The Labute approximate surface area is 129 Å². The highest BCUT2D eigenvalue weighted by Gasteiger charge is 2.06. The minimum Gasteiger partial charge on any atom is -0.495 e.